The highest BCUT2D eigenvalue weighted by molar-refractivity contribution is 6.32. The predicted octanol–water partition coefficient (Wildman–Crippen LogP) is 2.96. The smallest absolute Gasteiger partial charge is 0.337 e. The van der Waals surface area contributed by atoms with Gasteiger partial charge >= 0.3 is 5.97 Å². The van der Waals surface area contributed by atoms with E-state index in [1.54, 1.807) is 12.1 Å². The molecule has 0 fully saturated rings. The Kier molecular flexibility index (Phi) is 7.38. The van der Waals surface area contributed by atoms with Crippen molar-refractivity contribution in [2.24, 2.45) is 0 Å². The number of hydrogen-bond donors (Lipinski definition) is 2. The maximum atomic E-state index is 12.0. The fraction of sp³-hybridized carbons (Fsp3) is 0.278. The van der Waals surface area contributed by atoms with Crippen molar-refractivity contribution in [1.82, 2.24) is 10.3 Å². The molecule has 1 unspecified atom stereocenters. The number of methoxy groups -OCH3 is 1. The molecule has 1 aromatic heterocycles. The molecule has 0 radical (unpaired) electrons. The number of aromatic nitrogens is 1. The number of halogens is 2. The van der Waals surface area contributed by atoms with Gasteiger partial charge in [-0.3, -0.25) is 4.79 Å². The number of pyridine rings is 1. The molecule has 2 N–H and O–H groups in total. The number of nitrogens with one attached hydrogen (secondary N) is 1. The molecular formula is C18H18Cl2N2O4. The summed E-state index contributed by atoms with van der Waals surface area (Å²) in [7, 11) is 1.33. The Bertz CT molecular complexity index is 761. The summed E-state index contributed by atoms with van der Waals surface area (Å²) in [4.78, 5) is 27.1. The van der Waals surface area contributed by atoms with E-state index >= 15 is 0 Å². The predicted molar refractivity (Wildman–Crippen MR) is 98.3 cm³/mol. The lowest BCUT2D eigenvalue weighted by molar-refractivity contribution is -0.129. The summed E-state index contributed by atoms with van der Waals surface area (Å²) in [6.45, 7) is 0.390. The van der Waals surface area contributed by atoms with E-state index in [1.807, 2.05) is 12.1 Å². The number of amides is 1. The minimum absolute atomic E-state index is 0.106. The van der Waals surface area contributed by atoms with Crippen molar-refractivity contribution in [2.45, 2.75) is 18.9 Å². The lowest BCUT2D eigenvalue weighted by Crippen LogP contribution is -2.30. The average Bonchev–Trinajstić information content (AvgIpc) is 2.63. The largest absolute Gasteiger partial charge is 0.465 e. The van der Waals surface area contributed by atoms with Crippen LogP contribution in [0.1, 0.15) is 34.0 Å². The van der Waals surface area contributed by atoms with Gasteiger partial charge in [-0.05, 0) is 48.2 Å². The van der Waals surface area contributed by atoms with Gasteiger partial charge in [0.25, 0.3) is 5.91 Å². The zero-order valence-electron chi connectivity index (χ0n) is 14.0. The summed E-state index contributed by atoms with van der Waals surface area (Å²) in [6.07, 6.45) is 0.0193. The molecule has 1 amide bonds. The second kappa shape index (κ2) is 9.52. The van der Waals surface area contributed by atoms with E-state index in [0.29, 0.717) is 24.9 Å². The number of ether oxygens (including phenoxy) is 1. The second-order valence-corrected chi connectivity index (χ2v) is 6.31. The van der Waals surface area contributed by atoms with Crippen LogP contribution in [-0.4, -0.2) is 35.6 Å². The highest BCUT2D eigenvalue weighted by atomic mass is 35.5. The van der Waals surface area contributed by atoms with E-state index in [9.17, 15) is 14.7 Å². The summed E-state index contributed by atoms with van der Waals surface area (Å²) in [6, 6.07) is 9.84. The molecule has 0 aliphatic carbocycles. The number of aliphatic hydroxyl groups is 1. The number of benzene rings is 1. The molecule has 8 heteroatoms. The van der Waals surface area contributed by atoms with Gasteiger partial charge in [-0.1, -0.05) is 35.3 Å². The Balaban J connectivity index is 1.80. The van der Waals surface area contributed by atoms with Crippen LogP contribution in [-0.2, 0) is 16.0 Å². The zero-order valence-corrected chi connectivity index (χ0v) is 15.5. The van der Waals surface area contributed by atoms with Crippen molar-refractivity contribution >= 4 is 35.1 Å². The number of hydrogen-bond acceptors (Lipinski definition) is 5. The molecule has 138 valence electrons. The first-order valence-corrected chi connectivity index (χ1v) is 8.62. The van der Waals surface area contributed by atoms with Gasteiger partial charge in [0.2, 0.25) is 0 Å². The van der Waals surface area contributed by atoms with Crippen LogP contribution in [0.2, 0.25) is 10.3 Å². The first-order chi connectivity index (χ1) is 12.4. The minimum Gasteiger partial charge on any atom is -0.465 e. The van der Waals surface area contributed by atoms with Gasteiger partial charge < -0.3 is 15.2 Å². The Labute approximate surface area is 161 Å². The van der Waals surface area contributed by atoms with Crippen molar-refractivity contribution in [2.75, 3.05) is 13.7 Å². The molecule has 1 atom stereocenters. The van der Waals surface area contributed by atoms with Crippen LogP contribution >= 0.6 is 23.2 Å². The van der Waals surface area contributed by atoms with Crippen molar-refractivity contribution in [3.63, 3.8) is 0 Å². The maximum Gasteiger partial charge on any atom is 0.337 e. The minimum atomic E-state index is -1.37. The number of carbonyl (C=O) groups excluding carboxylic acids is 2. The highest BCUT2D eigenvalue weighted by Crippen LogP contribution is 2.20. The zero-order chi connectivity index (χ0) is 19.1. The highest BCUT2D eigenvalue weighted by Gasteiger charge is 2.18. The van der Waals surface area contributed by atoms with E-state index in [1.165, 1.54) is 19.2 Å². The van der Waals surface area contributed by atoms with Gasteiger partial charge in [0.05, 0.1) is 12.7 Å². The fourth-order valence-corrected chi connectivity index (χ4v) is 2.80. The number of aliphatic hydroxyl groups excluding tert-OH is 1. The number of rotatable bonds is 7. The fourth-order valence-electron chi connectivity index (χ4n) is 2.32. The first-order valence-electron chi connectivity index (χ1n) is 7.86. The van der Waals surface area contributed by atoms with Gasteiger partial charge in [-0.25, -0.2) is 9.78 Å². The monoisotopic (exact) mass is 396 g/mol. The van der Waals surface area contributed by atoms with Gasteiger partial charge in [0.15, 0.2) is 6.10 Å². The molecule has 0 bridgehead atoms. The number of esters is 1. The third-order valence-corrected chi connectivity index (χ3v) is 4.05. The molecule has 2 aromatic rings. The van der Waals surface area contributed by atoms with Crippen molar-refractivity contribution in [3.05, 3.63) is 63.4 Å². The normalized spacial score (nSPS) is 11.7. The van der Waals surface area contributed by atoms with E-state index < -0.39 is 12.0 Å². The molecule has 0 aliphatic rings. The second-order valence-electron chi connectivity index (χ2n) is 5.53. The van der Waals surface area contributed by atoms with Crippen LogP contribution in [0.3, 0.4) is 0 Å². The molecule has 26 heavy (non-hydrogen) atoms. The summed E-state index contributed by atoms with van der Waals surface area (Å²) < 4.78 is 4.64. The van der Waals surface area contributed by atoms with Crippen molar-refractivity contribution < 1.29 is 19.4 Å². The van der Waals surface area contributed by atoms with E-state index in [2.05, 4.69) is 15.0 Å². The molecular weight excluding hydrogens is 379 g/mol. The van der Waals surface area contributed by atoms with E-state index in [0.717, 1.165) is 5.56 Å². The van der Waals surface area contributed by atoms with Crippen LogP contribution in [0.5, 0.6) is 0 Å². The molecule has 0 saturated heterocycles. The van der Waals surface area contributed by atoms with Gasteiger partial charge in [0.1, 0.15) is 10.3 Å². The third-order valence-electron chi connectivity index (χ3n) is 3.67. The molecule has 1 aromatic carbocycles. The van der Waals surface area contributed by atoms with Crippen LogP contribution in [0, 0.1) is 0 Å². The molecule has 0 saturated carbocycles. The Morgan fingerprint density at radius 1 is 1.19 bits per heavy atom. The lowest BCUT2D eigenvalue weighted by atomic mass is 10.1. The lowest BCUT2D eigenvalue weighted by Gasteiger charge is -2.12. The van der Waals surface area contributed by atoms with E-state index in [-0.39, 0.29) is 21.8 Å². The van der Waals surface area contributed by atoms with Crippen LogP contribution in [0.15, 0.2) is 36.4 Å². The van der Waals surface area contributed by atoms with Crippen molar-refractivity contribution in [1.29, 1.82) is 0 Å². The number of nitrogens with zero attached hydrogens (tertiary/aromatic N) is 1. The van der Waals surface area contributed by atoms with Crippen LogP contribution in [0.4, 0.5) is 0 Å². The first kappa shape index (κ1) is 20.2. The van der Waals surface area contributed by atoms with Gasteiger partial charge in [-0.15, -0.1) is 0 Å². The summed E-state index contributed by atoms with van der Waals surface area (Å²) in [5.74, 6) is -0.918. The van der Waals surface area contributed by atoms with Gasteiger partial charge in [0, 0.05) is 6.54 Å². The molecule has 6 nitrogen and oxygen atoms in total. The maximum absolute atomic E-state index is 12.0. The summed E-state index contributed by atoms with van der Waals surface area (Å²) in [5, 5.41) is 12.9. The number of carbonyl (C=O) groups is 2. The van der Waals surface area contributed by atoms with Gasteiger partial charge in [-0.2, -0.15) is 0 Å². The van der Waals surface area contributed by atoms with Crippen molar-refractivity contribution in [3.8, 4) is 0 Å². The molecule has 2 rings (SSSR count). The average molecular weight is 397 g/mol. The van der Waals surface area contributed by atoms with E-state index in [4.69, 9.17) is 23.2 Å². The molecule has 0 spiro atoms. The molecule has 1 heterocycles. The SMILES string of the molecule is COC(=O)c1ccc(CCCNC(=O)C(O)c2cc(Cl)nc(Cl)c2)cc1. The Morgan fingerprint density at radius 2 is 1.81 bits per heavy atom. The Hall–Kier alpha value is -2.15. The molecule has 0 aliphatic heterocycles. The third kappa shape index (κ3) is 5.69. The quantitative estimate of drug-likeness (QED) is 0.426. The summed E-state index contributed by atoms with van der Waals surface area (Å²) >= 11 is 11.5. The standard InChI is InChI=1S/C18H18Cl2N2O4/c1-26-18(25)12-6-4-11(5-7-12)3-2-8-21-17(24)16(23)13-9-14(19)22-15(20)10-13/h4-7,9-10,16,23H,2-3,8H2,1H3,(H,21,24). The Morgan fingerprint density at radius 3 is 2.38 bits per heavy atom. The summed E-state index contributed by atoms with van der Waals surface area (Å²) in [5.41, 5.74) is 1.80. The number of aryl methyl sites for hydroxylation is 1. The van der Waals surface area contributed by atoms with Crippen LogP contribution in [0.25, 0.3) is 0 Å². The van der Waals surface area contributed by atoms with Crippen LogP contribution < -0.4 is 5.32 Å². The topological polar surface area (TPSA) is 88.5 Å².